The number of hydrogen-bond donors (Lipinski definition) is 2. The first-order valence-corrected chi connectivity index (χ1v) is 15.4. The van der Waals surface area contributed by atoms with Gasteiger partial charge in [-0.15, -0.1) is 0 Å². The monoisotopic (exact) mass is 514 g/mol. The van der Waals surface area contributed by atoms with Crippen molar-refractivity contribution in [2.24, 2.45) is 16.7 Å². The number of carbonyl (C=O) groups is 2. The zero-order valence-corrected chi connectivity index (χ0v) is 23.2. The fourth-order valence-electron chi connectivity index (χ4n) is 5.77. The molecule has 2 rings (SSSR count). The Morgan fingerprint density at radius 1 is 0.943 bits per heavy atom. The summed E-state index contributed by atoms with van der Waals surface area (Å²) in [7, 11) is -4.08. The van der Waals surface area contributed by atoms with Gasteiger partial charge in [0.05, 0.1) is 11.2 Å². The summed E-state index contributed by atoms with van der Waals surface area (Å²) in [5, 5.41) is 8.51. The van der Waals surface area contributed by atoms with Gasteiger partial charge in [-0.25, -0.2) is 0 Å². The lowest BCUT2D eigenvalue weighted by Crippen LogP contribution is -2.42. The molecule has 2 atom stereocenters. The quantitative estimate of drug-likeness (QED) is 0.119. The van der Waals surface area contributed by atoms with Crippen molar-refractivity contribution in [3.05, 3.63) is 12.2 Å². The molecule has 2 bridgehead atoms. The summed E-state index contributed by atoms with van der Waals surface area (Å²) < 4.78 is 31.0. The van der Waals surface area contributed by atoms with Gasteiger partial charge in [0, 0.05) is 12.8 Å². The van der Waals surface area contributed by atoms with E-state index in [4.69, 9.17) is 9.66 Å². The van der Waals surface area contributed by atoms with Crippen LogP contribution in [0.3, 0.4) is 0 Å². The van der Waals surface area contributed by atoms with Crippen molar-refractivity contribution < 1.29 is 27.7 Å². The van der Waals surface area contributed by atoms with Gasteiger partial charge >= 0.3 is 5.97 Å². The van der Waals surface area contributed by atoms with Crippen molar-refractivity contribution in [1.82, 2.24) is 0 Å². The van der Waals surface area contributed by atoms with Gasteiger partial charge in [0.2, 0.25) is 0 Å². The first-order chi connectivity index (χ1) is 16.5. The number of aliphatic carboxylic acids is 1. The van der Waals surface area contributed by atoms with Gasteiger partial charge in [-0.1, -0.05) is 84.3 Å². The molecule has 0 aromatic heterocycles. The second-order valence-corrected chi connectivity index (χ2v) is 12.6. The maximum atomic E-state index is 11.9. The molecule has 2 unspecified atom stereocenters. The first-order valence-electron chi connectivity index (χ1n) is 13.8. The molecule has 0 heterocycles. The Morgan fingerprint density at radius 2 is 1.46 bits per heavy atom. The fourth-order valence-corrected chi connectivity index (χ4v) is 7.07. The van der Waals surface area contributed by atoms with E-state index in [1.54, 1.807) is 0 Å². The third-order valence-electron chi connectivity index (χ3n) is 8.22. The van der Waals surface area contributed by atoms with Gasteiger partial charge in [0.15, 0.2) is 0 Å². The van der Waals surface area contributed by atoms with Gasteiger partial charge in [-0.05, 0) is 56.3 Å². The van der Waals surface area contributed by atoms with Crippen molar-refractivity contribution in [3.63, 3.8) is 0 Å². The Balaban J connectivity index is 0.000000362. The molecular weight excluding hydrogens is 464 g/mol. The summed E-state index contributed by atoms with van der Waals surface area (Å²) in [6.07, 6.45) is 23.2. The number of allylic oxidation sites excluding steroid dienone is 2. The molecule has 2 fully saturated rings. The molecule has 35 heavy (non-hydrogen) atoms. The van der Waals surface area contributed by atoms with Crippen LogP contribution < -0.4 is 0 Å². The number of carboxylic acids is 1. The van der Waals surface area contributed by atoms with Gasteiger partial charge in [-0.2, -0.15) is 8.42 Å². The number of carbonyl (C=O) groups excluding carboxylic acids is 1. The normalized spacial score (nSPS) is 23.0. The number of unbranched alkanes of at least 4 members (excludes halogenated alkanes) is 11. The van der Waals surface area contributed by atoms with Crippen molar-refractivity contribution in [2.45, 2.75) is 130 Å². The van der Waals surface area contributed by atoms with Crippen LogP contribution in [0.1, 0.15) is 130 Å². The summed E-state index contributed by atoms with van der Waals surface area (Å²) >= 11 is 0. The predicted octanol–water partition coefficient (Wildman–Crippen LogP) is 7.38. The van der Waals surface area contributed by atoms with Gasteiger partial charge < -0.3 is 5.11 Å². The zero-order valence-electron chi connectivity index (χ0n) is 22.4. The molecule has 7 heteroatoms. The van der Waals surface area contributed by atoms with Crippen LogP contribution in [0.15, 0.2) is 12.2 Å². The Bertz CT molecular complexity index is 770. The van der Waals surface area contributed by atoms with Crippen LogP contribution in [0.25, 0.3) is 0 Å². The third kappa shape index (κ3) is 11.2. The van der Waals surface area contributed by atoms with Crippen LogP contribution in [-0.2, 0) is 19.7 Å². The average molecular weight is 515 g/mol. The maximum Gasteiger partial charge on any atom is 0.303 e. The highest BCUT2D eigenvalue weighted by Gasteiger charge is 2.65. The lowest BCUT2D eigenvalue weighted by atomic mass is 9.70. The molecule has 2 N–H and O–H groups in total. The molecule has 6 nitrogen and oxygen atoms in total. The first kappa shape index (κ1) is 31.8. The summed E-state index contributed by atoms with van der Waals surface area (Å²) in [5.74, 6) is -0.766. The lowest BCUT2D eigenvalue weighted by molar-refractivity contribution is -0.137. The van der Waals surface area contributed by atoms with E-state index in [1.807, 2.05) is 13.8 Å². The zero-order chi connectivity index (χ0) is 26.4. The summed E-state index contributed by atoms with van der Waals surface area (Å²) in [6.45, 7) is 6.15. The van der Waals surface area contributed by atoms with E-state index in [-0.39, 0.29) is 17.1 Å². The standard InChI is InChI=1S/C18H34O2.C10H16O4S/c1-2-3-4-5-6-7-8-9-10-11-12-13-14-15-16-17-18(19)20;1-9(2)7-3-4-10(9,8(11)5-7)6-15(12,13)14/h9-10H,2-8,11-17H2,1H3,(H,19,20);7H,3-6H2,1-2H3,(H,12,13,14)/b10-9-;. The molecule has 0 aromatic carbocycles. The number of carboxylic acid groups (broad SMARTS) is 1. The number of fused-ring (bicyclic) bond motifs is 2. The molecule has 2 saturated carbocycles. The van der Waals surface area contributed by atoms with Gasteiger partial charge in [0.25, 0.3) is 10.1 Å². The van der Waals surface area contributed by atoms with Crippen LogP contribution in [0.5, 0.6) is 0 Å². The van der Waals surface area contributed by atoms with Gasteiger partial charge in [0.1, 0.15) is 5.78 Å². The van der Waals surface area contributed by atoms with E-state index in [0.717, 1.165) is 19.3 Å². The molecule has 0 spiro atoms. The lowest BCUT2D eigenvalue weighted by Gasteiger charge is -2.35. The molecule has 0 radical (unpaired) electrons. The third-order valence-corrected chi connectivity index (χ3v) is 9.08. The van der Waals surface area contributed by atoms with Crippen LogP contribution in [-0.4, -0.2) is 35.6 Å². The van der Waals surface area contributed by atoms with Crippen molar-refractivity contribution in [2.75, 3.05) is 5.75 Å². The topological polar surface area (TPSA) is 109 Å². The molecule has 2 aliphatic rings. The highest BCUT2D eigenvalue weighted by atomic mass is 32.2. The van der Waals surface area contributed by atoms with E-state index >= 15 is 0 Å². The van der Waals surface area contributed by atoms with E-state index in [9.17, 15) is 18.0 Å². The summed E-state index contributed by atoms with van der Waals surface area (Å²) in [4.78, 5) is 22.2. The second kappa shape index (κ2) is 15.8. The highest BCUT2D eigenvalue weighted by molar-refractivity contribution is 7.85. The molecule has 0 amide bonds. The van der Waals surface area contributed by atoms with Crippen LogP contribution in [0, 0.1) is 16.7 Å². The average Bonchev–Trinajstić information content (AvgIpc) is 3.10. The largest absolute Gasteiger partial charge is 0.481 e. The fraction of sp³-hybridized carbons (Fsp3) is 0.857. The highest BCUT2D eigenvalue weighted by Crippen LogP contribution is 2.64. The van der Waals surface area contributed by atoms with E-state index < -0.39 is 27.3 Å². The Kier molecular flexibility index (Phi) is 14.4. The van der Waals surface area contributed by atoms with Crippen LogP contribution >= 0.6 is 0 Å². The summed E-state index contributed by atoms with van der Waals surface area (Å²) in [5.41, 5.74) is -1.12. The second-order valence-electron chi connectivity index (χ2n) is 11.1. The maximum absolute atomic E-state index is 11.9. The molecule has 0 saturated heterocycles. The van der Waals surface area contributed by atoms with Crippen molar-refractivity contribution in [1.29, 1.82) is 0 Å². The predicted molar refractivity (Wildman–Crippen MR) is 142 cm³/mol. The SMILES string of the molecule is CC1(C)C2CCC1(CS(=O)(=O)O)C(=O)C2.CCCCCCCC/C=C\CCCCCCCC(=O)O. The summed E-state index contributed by atoms with van der Waals surface area (Å²) in [6, 6.07) is 0. The smallest absolute Gasteiger partial charge is 0.303 e. The minimum absolute atomic E-state index is 0.0152. The van der Waals surface area contributed by atoms with Crippen molar-refractivity contribution in [3.8, 4) is 0 Å². The molecule has 204 valence electrons. The van der Waals surface area contributed by atoms with E-state index in [2.05, 4.69) is 19.1 Å². The van der Waals surface area contributed by atoms with E-state index in [1.165, 1.54) is 70.6 Å². The molecule has 2 aliphatic carbocycles. The Hall–Kier alpha value is -1.21. The Labute approximate surface area is 214 Å². The molecular formula is C28H50O6S. The minimum Gasteiger partial charge on any atom is -0.481 e. The van der Waals surface area contributed by atoms with E-state index in [0.29, 0.717) is 19.3 Å². The Morgan fingerprint density at radius 3 is 1.89 bits per heavy atom. The molecule has 0 aliphatic heterocycles. The van der Waals surface area contributed by atoms with Gasteiger partial charge in [-0.3, -0.25) is 14.1 Å². The van der Waals surface area contributed by atoms with Crippen LogP contribution in [0.2, 0.25) is 0 Å². The minimum atomic E-state index is -4.08. The van der Waals surface area contributed by atoms with Crippen LogP contribution in [0.4, 0.5) is 0 Å². The number of rotatable bonds is 17. The molecule has 0 aromatic rings. The number of hydrogen-bond acceptors (Lipinski definition) is 4. The number of Topliss-reactive ketones (excluding diaryl/α,β-unsaturated/α-hetero) is 1. The number of ketones is 1. The van der Waals surface area contributed by atoms with Crippen molar-refractivity contribution >= 4 is 21.9 Å².